The zero-order chi connectivity index (χ0) is 18.4. The molecular formula is C20H13ClFN5. The number of hydrogen-bond acceptors (Lipinski definition) is 3. The maximum Gasteiger partial charge on any atom is 0.139 e. The molecule has 27 heavy (non-hydrogen) atoms. The zero-order valence-corrected chi connectivity index (χ0v) is 14.8. The molecule has 0 atom stereocenters. The number of halogens is 2. The number of benzene rings is 2. The van der Waals surface area contributed by atoms with E-state index in [9.17, 15) is 4.39 Å². The van der Waals surface area contributed by atoms with Crippen LogP contribution in [0.4, 0.5) is 4.39 Å². The SMILES string of the molecule is Fc1ccc2nc(-c3ccc(Cl)cc3)c(Cn3nc4ccccc4n3)n2c1. The Morgan fingerprint density at radius 3 is 2.30 bits per heavy atom. The van der Waals surface area contributed by atoms with E-state index in [1.165, 1.54) is 12.3 Å². The maximum atomic E-state index is 13.9. The molecule has 0 N–H and O–H groups in total. The highest BCUT2D eigenvalue weighted by Gasteiger charge is 2.16. The van der Waals surface area contributed by atoms with Crippen LogP contribution in [0, 0.1) is 5.82 Å². The van der Waals surface area contributed by atoms with Crippen LogP contribution in [-0.4, -0.2) is 24.4 Å². The van der Waals surface area contributed by atoms with Crippen LogP contribution in [0.5, 0.6) is 0 Å². The Kier molecular flexibility index (Phi) is 3.65. The third-order valence-electron chi connectivity index (χ3n) is 4.42. The predicted molar refractivity (Wildman–Crippen MR) is 102 cm³/mol. The minimum absolute atomic E-state index is 0.331. The number of hydrogen-bond donors (Lipinski definition) is 0. The lowest BCUT2D eigenvalue weighted by Gasteiger charge is -2.05. The largest absolute Gasteiger partial charge is 0.298 e. The molecule has 0 aliphatic carbocycles. The third-order valence-corrected chi connectivity index (χ3v) is 4.67. The second-order valence-electron chi connectivity index (χ2n) is 6.21. The van der Waals surface area contributed by atoms with E-state index in [2.05, 4.69) is 15.2 Å². The van der Waals surface area contributed by atoms with E-state index in [1.54, 1.807) is 15.3 Å². The Morgan fingerprint density at radius 1 is 0.889 bits per heavy atom. The lowest BCUT2D eigenvalue weighted by Crippen LogP contribution is -2.07. The predicted octanol–water partition coefficient (Wildman–Crippen LogP) is 4.59. The fraction of sp³-hybridized carbons (Fsp3) is 0.0500. The summed E-state index contributed by atoms with van der Waals surface area (Å²) >= 11 is 6.01. The van der Waals surface area contributed by atoms with Crippen molar-refractivity contribution in [1.82, 2.24) is 24.4 Å². The molecule has 0 spiro atoms. The summed E-state index contributed by atoms with van der Waals surface area (Å²) in [5.41, 5.74) is 4.73. The molecule has 5 nitrogen and oxygen atoms in total. The fourth-order valence-corrected chi connectivity index (χ4v) is 3.29. The van der Waals surface area contributed by atoms with Crippen molar-refractivity contribution < 1.29 is 4.39 Å². The Balaban J connectivity index is 1.69. The van der Waals surface area contributed by atoms with Crippen molar-refractivity contribution in [2.75, 3.05) is 0 Å². The van der Waals surface area contributed by atoms with Crippen LogP contribution in [0.2, 0.25) is 5.02 Å². The van der Waals surface area contributed by atoms with Gasteiger partial charge in [-0.1, -0.05) is 35.9 Å². The number of rotatable bonds is 3. The summed E-state index contributed by atoms with van der Waals surface area (Å²) < 4.78 is 15.6. The highest BCUT2D eigenvalue weighted by atomic mass is 35.5. The van der Waals surface area contributed by atoms with E-state index in [4.69, 9.17) is 11.6 Å². The summed E-state index contributed by atoms with van der Waals surface area (Å²) in [6.07, 6.45) is 1.43. The van der Waals surface area contributed by atoms with Crippen molar-refractivity contribution >= 4 is 28.3 Å². The fourth-order valence-electron chi connectivity index (χ4n) is 3.17. The van der Waals surface area contributed by atoms with E-state index in [0.29, 0.717) is 17.2 Å². The average molecular weight is 378 g/mol. The average Bonchev–Trinajstić information content (AvgIpc) is 3.24. The molecule has 2 aromatic carbocycles. The molecule has 0 unspecified atom stereocenters. The van der Waals surface area contributed by atoms with Crippen LogP contribution >= 0.6 is 11.6 Å². The quantitative estimate of drug-likeness (QED) is 0.462. The van der Waals surface area contributed by atoms with Gasteiger partial charge in [0.05, 0.1) is 11.4 Å². The van der Waals surface area contributed by atoms with E-state index in [-0.39, 0.29) is 5.82 Å². The Labute approximate surface area is 158 Å². The molecule has 3 heterocycles. The van der Waals surface area contributed by atoms with Gasteiger partial charge < -0.3 is 0 Å². The molecule has 0 radical (unpaired) electrons. The summed E-state index contributed by atoms with van der Waals surface area (Å²) in [6.45, 7) is 0.358. The minimum Gasteiger partial charge on any atom is -0.298 e. The van der Waals surface area contributed by atoms with Crippen LogP contribution in [0.15, 0.2) is 66.9 Å². The Bertz CT molecular complexity index is 1240. The van der Waals surface area contributed by atoms with Gasteiger partial charge in [-0.25, -0.2) is 9.37 Å². The van der Waals surface area contributed by atoms with Crippen LogP contribution in [0.1, 0.15) is 5.69 Å². The van der Waals surface area contributed by atoms with Gasteiger partial charge in [-0.05, 0) is 36.4 Å². The number of pyridine rings is 1. The highest BCUT2D eigenvalue weighted by Crippen LogP contribution is 2.27. The van der Waals surface area contributed by atoms with Crippen molar-refractivity contribution in [3.63, 3.8) is 0 Å². The third kappa shape index (κ3) is 2.84. The molecule has 0 saturated heterocycles. The molecule has 5 rings (SSSR count). The summed E-state index contributed by atoms with van der Waals surface area (Å²) in [6, 6.07) is 18.1. The van der Waals surface area contributed by atoms with E-state index < -0.39 is 0 Å². The standard InChI is InChI=1S/C20H13ClFN5/c21-14-7-5-13(6-8-14)20-18(26-11-15(22)9-10-19(26)23-20)12-27-24-16-3-1-2-4-17(16)25-27/h1-11H,12H2. The second-order valence-corrected chi connectivity index (χ2v) is 6.65. The first-order valence-corrected chi connectivity index (χ1v) is 8.77. The summed E-state index contributed by atoms with van der Waals surface area (Å²) in [7, 11) is 0. The topological polar surface area (TPSA) is 48.0 Å². The summed E-state index contributed by atoms with van der Waals surface area (Å²) in [5.74, 6) is -0.331. The van der Waals surface area contributed by atoms with Crippen LogP contribution in [0.3, 0.4) is 0 Å². The first-order valence-electron chi connectivity index (χ1n) is 8.40. The van der Waals surface area contributed by atoms with Gasteiger partial charge in [-0.2, -0.15) is 15.0 Å². The summed E-state index contributed by atoms with van der Waals surface area (Å²) in [4.78, 5) is 6.30. The lowest BCUT2D eigenvalue weighted by molar-refractivity contribution is 0.582. The van der Waals surface area contributed by atoms with Crippen molar-refractivity contribution in [3.05, 3.63) is 83.4 Å². The Morgan fingerprint density at radius 2 is 1.59 bits per heavy atom. The first kappa shape index (κ1) is 16.0. The maximum absolute atomic E-state index is 13.9. The normalized spacial score (nSPS) is 11.5. The van der Waals surface area contributed by atoms with Gasteiger partial charge in [0, 0.05) is 16.8 Å². The second kappa shape index (κ2) is 6.17. The molecule has 0 aliphatic rings. The van der Waals surface area contributed by atoms with Crippen LogP contribution in [-0.2, 0) is 6.54 Å². The van der Waals surface area contributed by atoms with Crippen molar-refractivity contribution in [3.8, 4) is 11.3 Å². The molecule has 0 aliphatic heterocycles. The minimum atomic E-state index is -0.331. The monoisotopic (exact) mass is 377 g/mol. The molecular weight excluding hydrogens is 365 g/mol. The number of imidazole rings is 1. The molecule has 7 heteroatoms. The highest BCUT2D eigenvalue weighted by molar-refractivity contribution is 6.30. The van der Waals surface area contributed by atoms with Gasteiger partial charge in [0.2, 0.25) is 0 Å². The Hall–Kier alpha value is -3.25. The smallest absolute Gasteiger partial charge is 0.139 e. The number of fused-ring (bicyclic) bond motifs is 2. The van der Waals surface area contributed by atoms with Crippen molar-refractivity contribution in [2.45, 2.75) is 6.54 Å². The van der Waals surface area contributed by atoms with Crippen molar-refractivity contribution in [1.29, 1.82) is 0 Å². The van der Waals surface area contributed by atoms with Gasteiger partial charge in [0.1, 0.15) is 29.0 Å². The van der Waals surface area contributed by atoms with Gasteiger partial charge in [-0.3, -0.25) is 4.40 Å². The number of aromatic nitrogens is 5. The van der Waals surface area contributed by atoms with E-state index in [1.807, 2.05) is 48.5 Å². The van der Waals surface area contributed by atoms with E-state index >= 15 is 0 Å². The molecule has 132 valence electrons. The molecule has 0 bridgehead atoms. The molecule has 3 aromatic heterocycles. The van der Waals surface area contributed by atoms with Crippen LogP contribution < -0.4 is 0 Å². The summed E-state index contributed by atoms with van der Waals surface area (Å²) in [5, 5.41) is 9.68. The van der Waals surface area contributed by atoms with Gasteiger partial charge in [0.25, 0.3) is 0 Å². The van der Waals surface area contributed by atoms with Crippen molar-refractivity contribution in [2.24, 2.45) is 0 Å². The molecule has 0 amide bonds. The molecule has 0 saturated carbocycles. The molecule has 0 fully saturated rings. The number of nitrogens with zero attached hydrogens (tertiary/aromatic N) is 5. The van der Waals surface area contributed by atoms with Gasteiger partial charge >= 0.3 is 0 Å². The lowest BCUT2D eigenvalue weighted by atomic mass is 10.1. The van der Waals surface area contributed by atoms with Gasteiger partial charge in [-0.15, -0.1) is 0 Å². The first-order chi connectivity index (χ1) is 13.2. The van der Waals surface area contributed by atoms with Crippen LogP contribution in [0.25, 0.3) is 27.9 Å². The zero-order valence-electron chi connectivity index (χ0n) is 14.0. The van der Waals surface area contributed by atoms with Gasteiger partial charge in [0.15, 0.2) is 0 Å². The van der Waals surface area contributed by atoms with E-state index in [0.717, 1.165) is 28.0 Å². The molecule has 5 aromatic rings.